The molecule has 1 unspecified atom stereocenters. The molecule has 1 saturated carbocycles. The van der Waals surface area contributed by atoms with E-state index in [2.05, 4.69) is 11.1 Å². The molecule has 1 fully saturated rings. The van der Waals surface area contributed by atoms with Crippen molar-refractivity contribution in [2.24, 2.45) is 0 Å². The molecular weight excluding hydrogens is 272 g/mol. The van der Waals surface area contributed by atoms with E-state index >= 15 is 0 Å². The molecule has 2 aromatic rings. The van der Waals surface area contributed by atoms with Gasteiger partial charge in [0.05, 0.1) is 16.6 Å². The van der Waals surface area contributed by atoms with Crippen molar-refractivity contribution in [3.8, 4) is 5.75 Å². The molecule has 0 radical (unpaired) electrons. The van der Waals surface area contributed by atoms with Crippen molar-refractivity contribution in [1.82, 2.24) is 4.98 Å². The fourth-order valence-corrected chi connectivity index (χ4v) is 3.86. The predicted octanol–water partition coefficient (Wildman–Crippen LogP) is 2.57. The number of halogens is 1. The molecule has 104 valence electrons. The second-order valence-electron chi connectivity index (χ2n) is 5.85. The van der Waals surface area contributed by atoms with Crippen molar-refractivity contribution in [1.29, 1.82) is 0 Å². The third kappa shape index (κ3) is 1.97. The van der Waals surface area contributed by atoms with Crippen molar-refractivity contribution in [3.63, 3.8) is 0 Å². The van der Waals surface area contributed by atoms with Crippen LogP contribution < -0.4 is 9.64 Å². The highest BCUT2D eigenvalue weighted by Crippen LogP contribution is 2.34. The number of hydrogen-bond donors (Lipinski definition) is 1. The van der Waals surface area contributed by atoms with Crippen molar-refractivity contribution in [2.45, 2.75) is 38.3 Å². The van der Waals surface area contributed by atoms with Crippen molar-refractivity contribution >= 4 is 22.5 Å². The van der Waals surface area contributed by atoms with E-state index in [9.17, 15) is 0 Å². The van der Waals surface area contributed by atoms with Crippen molar-refractivity contribution < 1.29 is 9.64 Å². The Balaban J connectivity index is 1.74. The zero-order valence-corrected chi connectivity index (χ0v) is 12.1. The van der Waals surface area contributed by atoms with Gasteiger partial charge in [-0.15, -0.1) is 0 Å². The SMILES string of the molecule is Clc1cc2c(c3ncccc13)OC[NH+](C1CCCC1)C2. The molecule has 1 aromatic carbocycles. The van der Waals surface area contributed by atoms with Crippen LogP contribution in [0.25, 0.3) is 10.9 Å². The summed E-state index contributed by atoms with van der Waals surface area (Å²) in [6.07, 6.45) is 7.18. The van der Waals surface area contributed by atoms with Crippen LogP contribution in [0.4, 0.5) is 0 Å². The minimum atomic E-state index is 0.751. The lowest BCUT2D eigenvalue weighted by Crippen LogP contribution is -3.15. The number of pyridine rings is 1. The van der Waals surface area contributed by atoms with E-state index in [-0.39, 0.29) is 0 Å². The Bertz CT molecular complexity index is 652. The first-order valence-corrected chi connectivity index (χ1v) is 7.74. The van der Waals surface area contributed by atoms with Crippen LogP contribution in [-0.2, 0) is 6.54 Å². The molecule has 0 bridgehead atoms. The zero-order chi connectivity index (χ0) is 13.5. The Kier molecular flexibility index (Phi) is 3.04. The summed E-state index contributed by atoms with van der Waals surface area (Å²) in [5.74, 6) is 0.937. The minimum Gasteiger partial charge on any atom is -0.443 e. The highest BCUT2D eigenvalue weighted by atomic mass is 35.5. The Hall–Kier alpha value is -1.32. The smallest absolute Gasteiger partial charge is 0.223 e. The maximum atomic E-state index is 6.40. The lowest BCUT2D eigenvalue weighted by molar-refractivity contribution is -0.955. The van der Waals surface area contributed by atoms with E-state index in [1.54, 1.807) is 11.1 Å². The molecule has 0 saturated heterocycles. The van der Waals surface area contributed by atoms with Gasteiger partial charge in [-0.05, 0) is 43.9 Å². The minimum absolute atomic E-state index is 0.751. The quantitative estimate of drug-likeness (QED) is 0.873. The summed E-state index contributed by atoms with van der Waals surface area (Å²) in [5, 5.41) is 1.76. The number of aromatic nitrogens is 1. The Labute approximate surface area is 123 Å². The molecule has 0 spiro atoms. The lowest BCUT2D eigenvalue weighted by atomic mass is 10.1. The Morgan fingerprint density at radius 1 is 1.30 bits per heavy atom. The van der Waals surface area contributed by atoms with Crippen LogP contribution in [0.2, 0.25) is 5.02 Å². The molecule has 1 aromatic heterocycles. The average molecular weight is 290 g/mol. The van der Waals surface area contributed by atoms with Crippen LogP contribution in [-0.4, -0.2) is 17.8 Å². The topological polar surface area (TPSA) is 26.6 Å². The van der Waals surface area contributed by atoms with Gasteiger partial charge in [0, 0.05) is 11.6 Å². The number of rotatable bonds is 1. The van der Waals surface area contributed by atoms with E-state index in [0.717, 1.165) is 41.0 Å². The lowest BCUT2D eigenvalue weighted by Gasteiger charge is -2.31. The number of hydrogen-bond acceptors (Lipinski definition) is 2. The summed E-state index contributed by atoms with van der Waals surface area (Å²) in [5.41, 5.74) is 2.11. The van der Waals surface area contributed by atoms with Gasteiger partial charge in [0.15, 0.2) is 5.75 Å². The molecule has 1 aliphatic heterocycles. The summed E-state index contributed by atoms with van der Waals surface area (Å²) in [6, 6.07) is 6.74. The van der Waals surface area contributed by atoms with Gasteiger partial charge >= 0.3 is 0 Å². The normalized spacial score (nSPS) is 22.8. The van der Waals surface area contributed by atoms with Crippen LogP contribution >= 0.6 is 11.6 Å². The number of fused-ring (bicyclic) bond motifs is 3. The van der Waals surface area contributed by atoms with Crippen molar-refractivity contribution in [3.05, 3.63) is 35.0 Å². The van der Waals surface area contributed by atoms with Crippen molar-refractivity contribution in [2.75, 3.05) is 6.73 Å². The van der Waals surface area contributed by atoms with Gasteiger partial charge < -0.3 is 4.74 Å². The van der Waals surface area contributed by atoms with Gasteiger partial charge in [0.2, 0.25) is 6.73 Å². The van der Waals surface area contributed by atoms with Crippen LogP contribution in [0.1, 0.15) is 31.2 Å². The number of ether oxygens (including phenoxy) is 1. The van der Waals surface area contributed by atoms with Gasteiger partial charge in [-0.3, -0.25) is 9.88 Å². The van der Waals surface area contributed by atoms with E-state index in [4.69, 9.17) is 16.3 Å². The average Bonchev–Trinajstić information content (AvgIpc) is 3.01. The second kappa shape index (κ2) is 4.90. The zero-order valence-electron chi connectivity index (χ0n) is 11.4. The second-order valence-corrected chi connectivity index (χ2v) is 6.26. The largest absolute Gasteiger partial charge is 0.443 e. The monoisotopic (exact) mass is 289 g/mol. The standard InChI is InChI=1S/C16H17ClN2O/c17-14-8-11-9-19(12-4-1-2-5-12)10-20-16(11)15-13(14)6-3-7-18-15/h3,6-8,12H,1-2,4-5,9-10H2/p+1. The fourth-order valence-electron chi connectivity index (χ4n) is 3.58. The molecule has 3 nitrogen and oxygen atoms in total. The number of quaternary nitrogens is 1. The van der Waals surface area contributed by atoms with E-state index < -0.39 is 0 Å². The fraction of sp³-hybridized carbons (Fsp3) is 0.438. The third-order valence-electron chi connectivity index (χ3n) is 4.62. The number of nitrogens with zero attached hydrogens (tertiary/aromatic N) is 1. The molecule has 20 heavy (non-hydrogen) atoms. The summed E-state index contributed by atoms with van der Waals surface area (Å²) in [7, 11) is 0. The maximum Gasteiger partial charge on any atom is 0.223 e. The van der Waals surface area contributed by atoms with E-state index in [1.165, 1.54) is 31.2 Å². The number of nitrogens with one attached hydrogen (secondary N) is 1. The Morgan fingerprint density at radius 3 is 3.00 bits per heavy atom. The van der Waals surface area contributed by atoms with Gasteiger partial charge in [0.25, 0.3) is 0 Å². The molecular formula is C16H18ClN2O+. The first-order valence-electron chi connectivity index (χ1n) is 7.36. The predicted molar refractivity (Wildman–Crippen MR) is 79.2 cm³/mol. The molecule has 2 heterocycles. The molecule has 1 N–H and O–H groups in total. The first kappa shape index (κ1) is 12.4. The first-order chi connectivity index (χ1) is 9.83. The number of benzene rings is 1. The summed E-state index contributed by atoms with van der Waals surface area (Å²) >= 11 is 6.40. The third-order valence-corrected chi connectivity index (χ3v) is 4.94. The maximum absolute atomic E-state index is 6.40. The van der Waals surface area contributed by atoms with Crippen LogP contribution in [0.3, 0.4) is 0 Å². The van der Waals surface area contributed by atoms with Gasteiger partial charge in [-0.25, -0.2) is 0 Å². The van der Waals surface area contributed by atoms with E-state index in [0.29, 0.717) is 0 Å². The Morgan fingerprint density at radius 2 is 2.15 bits per heavy atom. The molecule has 4 heteroatoms. The van der Waals surface area contributed by atoms with E-state index in [1.807, 2.05) is 12.1 Å². The highest BCUT2D eigenvalue weighted by molar-refractivity contribution is 6.35. The van der Waals surface area contributed by atoms with Crippen LogP contribution in [0.15, 0.2) is 24.4 Å². The van der Waals surface area contributed by atoms with Crippen LogP contribution in [0, 0.1) is 0 Å². The summed E-state index contributed by atoms with van der Waals surface area (Å²) in [6.45, 7) is 1.76. The summed E-state index contributed by atoms with van der Waals surface area (Å²) in [4.78, 5) is 6.00. The van der Waals surface area contributed by atoms with Crippen LogP contribution in [0.5, 0.6) is 5.75 Å². The molecule has 4 rings (SSSR count). The molecule has 2 aliphatic rings. The molecule has 1 aliphatic carbocycles. The highest BCUT2D eigenvalue weighted by Gasteiger charge is 2.31. The van der Waals surface area contributed by atoms with Gasteiger partial charge in [-0.2, -0.15) is 0 Å². The van der Waals surface area contributed by atoms with Gasteiger partial charge in [-0.1, -0.05) is 11.6 Å². The summed E-state index contributed by atoms with van der Waals surface area (Å²) < 4.78 is 6.06. The molecule has 0 amide bonds. The molecule has 1 atom stereocenters. The van der Waals surface area contributed by atoms with Gasteiger partial charge in [0.1, 0.15) is 12.1 Å².